The molecule has 0 fully saturated rings. The van der Waals surface area contributed by atoms with E-state index in [2.05, 4.69) is 99.4 Å². The van der Waals surface area contributed by atoms with Gasteiger partial charge in [-0.2, -0.15) is 0 Å². The van der Waals surface area contributed by atoms with Gasteiger partial charge in [0.15, 0.2) is 0 Å². The highest BCUT2D eigenvalue weighted by atomic mass is 31.2. The van der Waals surface area contributed by atoms with E-state index < -0.39 is 7.26 Å². The number of aryl methyl sites for hydroxylation is 2. The molecule has 0 aliphatic rings. The third-order valence-corrected chi connectivity index (χ3v) is 8.49. The van der Waals surface area contributed by atoms with E-state index >= 15 is 0 Å². The van der Waals surface area contributed by atoms with Crippen molar-refractivity contribution in [1.82, 2.24) is 0 Å². The standard InChI is InChI=1S/C22H24P/c1-18-14-15-20(19(2)16-18)17-23(3,21-10-6-4-7-11-21)22-12-8-5-9-13-22/h4-16H,17H2,1-3H3/q+1. The van der Waals surface area contributed by atoms with Gasteiger partial charge in [-0.3, -0.25) is 0 Å². The average molecular weight is 319 g/mol. The van der Waals surface area contributed by atoms with Gasteiger partial charge < -0.3 is 0 Å². The lowest BCUT2D eigenvalue weighted by Gasteiger charge is -2.24. The summed E-state index contributed by atoms with van der Waals surface area (Å²) in [5.41, 5.74) is 4.22. The van der Waals surface area contributed by atoms with Crippen molar-refractivity contribution in [3.8, 4) is 0 Å². The van der Waals surface area contributed by atoms with Crippen molar-refractivity contribution in [1.29, 1.82) is 0 Å². The molecule has 0 aromatic heterocycles. The zero-order valence-electron chi connectivity index (χ0n) is 14.2. The van der Waals surface area contributed by atoms with Gasteiger partial charge in [0.1, 0.15) is 0 Å². The van der Waals surface area contributed by atoms with E-state index in [0.29, 0.717) is 0 Å². The lowest BCUT2D eigenvalue weighted by Crippen LogP contribution is -2.23. The number of hydrogen-bond donors (Lipinski definition) is 0. The normalized spacial score (nSPS) is 11.4. The highest BCUT2D eigenvalue weighted by Gasteiger charge is 2.37. The summed E-state index contributed by atoms with van der Waals surface area (Å²) in [6, 6.07) is 28.9. The van der Waals surface area contributed by atoms with Gasteiger partial charge in [-0.05, 0) is 49.2 Å². The molecule has 0 nitrogen and oxygen atoms in total. The van der Waals surface area contributed by atoms with E-state index in [0.717, 1.165) is 6.16 Å². The summed E-state index contributed by atoms with van der Waals surface area (Å²) >= 11 is 0. The Labute approximate surface area is 140 Å². The third-order valence-electron chi connectivity index (χ3n) is 4.64. The average Bonchev–Trinajstić information content (AvgIpc) is 2.59. The van der Waals surface area contributed by atoms with Crippen molar-refractivity contribution < 1.29 is 0 Å². The lowest BCUT2D eigenvalue weighted by atomic mass is 10.1. The molecule has 0 aliphatic heterocycles. The van der Waals surface area contributed by atoms with E-state index in [1.165, 1.54) is 27.3 Å². The van der Waals surface area contributed by atoms with Gasteiger partial charge in [0.2, 0.25) is 0 Å². The Balaban J connectivity index is 2.09. The van der Waals surface area contributed by atoms with Crippen molar-refractivity contribution in [2.45, 2.75) is 20.0 Å². The van der Waals surface area contributed by atoms with Crippen LogP contribution in [0.1, 0.15) is 16.7 Å². The molecule has 3 rings (SSSR count). The second kappa shape index (κ2) is 6.69. The van der Waals surface area contributed by atoms with Crippen LogP contribution in [0.3, 0.4) is 0 Å². The first-order chi connectivity index (χ1) is 11.1. The highest BCUT2D eigenvalue weighted by Crippen LogP contribution is 2.55. The Morgan fingerprint density at radius 3 is 1.70 bits per heavy atom. The van der Waals surface area contributed by atoms with Gasteiger partial charge in [-0.1, -0.05) is 60.2 Å². The van der Waals surface area contributed by atoms with Gasteiger partial charge in [-0.15, -0.1) is 0 Å². The maximum atomic E-state index is 2.47. The van der Waals surface area contributed by atoms with Crippen LogP contribution in [0.15, 0.2) is 78.9 Å². The van der Waals surface area contributed by atoms with Crippen LogP contribution in [0.5, 0.6) is 0 Å². The fraction of sp³-hybridized carbons (Fsp3) is 0.182. The summed E-state index contributed by atoms with van der Waals surface area (Å²) in [6.07, 6.45) is 1.12. The van der Waals surface area contributed by atoms with E-state index in [-0.39, 0.29) is 0 Å². The molecule has 0 saturated carbocycles. The Morgan fingerprint density at radius 1 is 0.696 bits per heavy atom. The van der Waals surface area contributed by atoms with E-state index in [1.54, 1.807) is 0 Å². The van der Waals surface area contributed by atoms with Crippen LogP contribution in [-0.2, 0) is 6.16 Å². The van der Waals surface area contributed by atoms with Gasteiger partial charge in [0, 0.05) is 0 Å². The van der Waals surface area contributed by atoms with Crippen molar-refractivity contribution in [3.63, 3.8) is 0 Å². The van der Waals surface area contributed by atoms with E-state index in [4.69, 9.17) is 0 Å². The van der Waals surface area contributed by atoms with Crippen LogP contribution in [0, 0.1) is 13.8 Å². The van der Waals surface area contributed by atoms with Gasteiger partial charge in [0.25, 0.3) is 0 Å². The van der Waals surface area contributed by atoms with Crippen molar-refractivity contribution in [3.05, 3.63) is 95.6 Å². The fourth-order valence-corrected chi connectivity index (χ4v) is 6.57. The van der Waals surface area contributed by atoms with Crippen LogP contribution in [-0.4, -0.2) is 6.66 Å². The van der Waals surface area contributed by atoms with Gasteiger partial charge in [0.05, 0.1) is 30.7 Å². The van der Waals surface area contributed by atoms with Crippen LogP contribution < -0.4 is 10.6 Å². The first kappa shape index (κ1) is 16.0. The lowest BCUT2D eigenvalue weighted by molar-refractivity contribution is 1.26. The zero-order chi connectivity index (χ0) is 16.3. The summed E-state index contributed by atoms with van der Waals surface area (Å²) in [5, 5.41) is 2.96. The summed E-state index contributed by atoms with van der Waals surface area (Å²) in [6.45, 7) is 6.87. The molecule has 0 saturated heterocycles. The maximum Gasteiger partial charge on any atom is 0.0992 e. The fourth-order valence-electron chi connectivity index (χ4n) is 3.21. The molecule has 0 unspecified atom stereocenters. The smallest absolute Gasteiger partial charge is 0.0620 e. The molecule has 116 valence electrons. The zero-order valence-corrected chi connectivity index (χ0v) is 15.1. The number of benzene rings is 3. The van der Waals surface area contributed by atoms with E-state index in [1.807, 2.05) is 0 Å². The SMILES string of the molecule is Cc1ccc(C[P+](C)(c2ccccc2)c2ccccc2)c(C)c1. The first-order valence-corrected chi connectivity index (χ1v) is 10.5. The summed E-state index contributed by atoms with van der Waals surface area (Å²) in [7, 11) is -1.44. The minimum Gasteiger partial charge on any atom is -0.0620 e. The van der Waals surface area contributed by atoms with Crippen LogP contribution >= 0.6 is 7.26 Å². The predicted octanol–water partition coefficient (Wildman–Crippen LogP) is 5.10. The minimum atomic E-state index is -1.44. The van der Waals surface area contributed by atoms with Crippen LogP contribution in [0.25, 0.3) is 0 Å². The topological polar surface area (TPSA) is 0 Å². The molecule has 0 atom stereocenters. The molecule has 23 heavy (non-hydrogen) atoms. The largest absolute Gasteiger partial charge is 0.0992 e. The molecule has 0 radical (unpaired) electrons. The van der Waals surface area contributed by atoms with Gasteiger partial charge >= 0.3 is 0 Å². The Morgan fingerprint density at radius 2 is 1.22 bits per heavy atom. The highest BCUT2D eigenvalue weighted by molar-refractivity contribution is 7.88. The molecule has 1 heteroatoms. The Kier molecular flexibility index (Phi) is 4.64. The second-order valence-corrected chi connectivity index (χ2v) is 10.2. The Hall–Kier alpha value is -1.91. The van der Waals surface area contributed by atoms with Gasteiger partial charge in [-0.25, -0.2) is 0 Å². The molecule has 0 aliphatic carbocycles. The summed E-state index contributed by atoms with van der Waals surface area (Å²) < 4.78 is 0. The molecular formula is C22H24P+. The Bertz CT molecular complexity index is 736. The molecule has 0 bridgehead atoms. The van der Waals surface area contributed by atoms with Crippen LogP contribution in [0.2, 0.25) is 0 Å². The van der Waals surface area contributed by atoms with Crippen molar-refractivity contribution in [2.24, 2.45) is 0 Å². The van der Waals surface area contributed by atoms with Crippen LogP contribution in [0.4, 0.5) is 0 Å². The summed E-state index contributed by atoms with van der Waals surface area (Å²) in [5.74, 6) is 0. The molecular weight excluding hydrogens is 295 g/mol. The maximum absolute atomic E-state index is 2.47. The molecule has 3 aromatic rings. The molecule has 3 aromatic carbocycles. The van der Waals surface area contributed by atoms with E-state index in [9.17, 15) is 0 Å². The molecule has 0 heterocycles. The predicted molar refractivity (Wildman–Crippen MR) is 105 cm³/mol. The third kappa shape index (κ3) is 3.38. The number of rotatable bonds is 4. The molecule has 0 spiro atoms. The quantitative estimate of drug-likeness (QED) is 0.587. The monoisotopic (exact) mass is 319 g/mol. The summed E-state index contributed by atoms with van der Waals surface area (Å²) in [4.78, 5) is 0. The number of hydrogen-bond acceptors (Lipinski definition) is 0. The second-order valence-electron chi connectivity index (χ2n) is 6.45. The minimum absolute atomic E-state index is 1.12. The molecule has 0 N–H and O–H groups in total. The van der Waals surface area contributed by atoms with Crippen molar-refractivity contribution in [2.75, 3.05) is 6.66 Å². The van der Waals surface area contributed by atoms with Crippen molar-refractivity contribution >= 4 is 17.9 Å². The molecule has 0 amide bonds. The first-order valence-electron chi connectivity index (χ1n) is 8.12.